The first-order valence-electron chi connectivity index (χ1n) is 12.8. The third kappa shape index (κ3) is 8.36. The van der Waals surface area contributed by atoms with Crippen LogP contribution in [0.3, 0.4) is 0 Å². The number of benzene rings is 2. The number of pyridine rings is 1. The number of aromatic nitrogens is 3. The van der Waals surface area contributed by atoms with Crippen LogP contribution in [0.2, 0.25) is 0 Å². The molecule has 2 heterocycles. The number of halogens is 1. The number of nitrogens with one attached hydrogen (secondary N) is 3. The molecule has 12 nitrogen and oxygen atoms in total. The normalized spacial score (nSPS) is 11.8. The van der Waals surface area contributed by atoms with Gasteiger partial charge in [0.05, 0.1) is 0 Å². The van der Waals surface area contributed by atoms with Crippen molar-refractivity contribution < 1.29 is 28.8 Å². The van der Waals surface area contributed by atoms with Gasteiger partial charge in [0.25, 0.3) is 5.89 Å². The Morgan fingerprint density at radius 2 is 1.79 bits per heavy atom. The second-order valence-electron chi connectivity index (χ2n) is 10.3. The summed E-state index contributed by atoms with van der Waals surface area (Å²) in [5, 5.41) is 21.4. The number of aryl methyl sites for hydroxylation is 1. The lowest BCUT2D eigenvalue weighted by Crippen LogP contribution is -2.44. The number of amides is 3. The lowest BCUT2D eigenvalue weighted by Gasteiger charge is -2.19. The highest BCUT2D eigenvalue weighted by atomic mass is 79.9. The second-order valence-corrected chi connectivity index (χ2v) is 11.2. The van der Waals surface area contributed by atoms with Gasteiger partial charge in [-0.25, -0.2) is 19.4 Å². The van der Waals surface area contributed by atoms with Crippen molar-refractivity contribution in [1.82, 2.24) is 20.4 Å². The number of carboxylic acids is 1. The molecule has 0 fully saturated rings. The molecular weight excluding hydrogens is 608 g/mol. The first-order chi connectivity index (χ1) is 19.9. The molecule has 0 saturated carbocycles. The van der Waals surface area contributed by atoms with E-state index in [-0.39, 0.29) is 12.2 Å². The predicted octanol–water partition coefficient (Wildman–Crippen LogP) is 6.03. The van der Waals surface area contributed by atoms with Crippen LogP contribution in [-0.4, -0.2) is 50.0 Å². The van der Waals surface area contributed by atoms with Crippen molar-refractivity contribution in [3.63, 3.8) is 0 Å². The maximum atomic E-state index is 12.4. The number of rotatable bonds is 8. The zero-order chi connectivity index (χ0) is 30.4. The van der Waals surface area contributed by atoms with E-state index >= 15 is 0 Å². The summed E-state index contributed by atoms with van der Waals surface area (Å²) in [5.74, 6) is -0.239. The zero-order valence-electron chi connectivity index (χ0n) is 23.3. The van der Waals surface area contributed by atoms with Crippen molar-refractivity contribution in [3.05, 3.63) is 76.4 Å². The molecule has 4 aromatic rings. The van der Waals surface area contributed by atoms with Gasteiger partial charge in [0, 0.05) is 33.9 Å². The maximum absolute atomic E-state index is 12.4. The fraction of sp³-hybridized carbons (Fsp3) is 0.241. The Balaban J connectivity index is 1.40. The molecule has 1 unspecified atom stereocenters. The van der Waals surface area contributed by atoms with E-state index in [4.69, 9.17) is 9.26 Å². The number of nitrogens with zero attached hydrogens (tertiary/aromatic N) is 3. The molecule has 0 aliphatic rings. The molecule has 2 aromatic heterocycles. The Morgan fingerprint density at radius 3 is 2.40 bits per heavy atom. The van der Waals surface area contributed by atoms with Crippen LogP contribution in [-0.2, 0) is 16.0 Å². The van der Waals surface area contributed by atoms with E-state index in [1.807, 2.05) is 13.0 Å². The number of hydrogen-bond donors (Lipinski definition) is 4. The number of urea groups is 1. The molecule has 0 spiro atoms. The highest BCUT2D eigenvalue weighted by Gasteiger charge is 2.22. The molecule has 0 aliphatic heterocycles. The van der Waals surface area contributed by atoms with E-state index in [1.54, 1.807) is 69.3 Å². The lowest BCUT2D eigenvalue weighted by molar-refractivity contribution is -0.139. The van der Waals surface area contributed by atoms with E-state index in [1.165, 1.54) is 6.20 Å². The summed E-state index contributed by atoms with van der Waals surface area (Å²) in [4.78, 5) is 44.7. The number of carbonyl (C=O) groups is 3. The van der Waals surface area contributed by atoms with Gasteiger partial charge in [0.1, 0.15) is 17.5 Å². The van der Waals surface area contributed by atoms with Crippen LogP contribution in [0, 0.1) is 6.92 Å². The fourth-order valence-corrected chi connectivity index (χ4v) is 4.10. The van der Waals surface area contributed by atoms with Crippen molar-refractivity contribution in [3.8, 4) is 22.8 Å². The summed E-state index contributed by atoms with van der Waals surface area (Å²) >= 11 is 3.26. The topological polar surface area (TPSA) is 169 Å². The Bertz CT molecular complexity index is 1580. The molecule has 218 valence electrons. The summed E-state index contributed by atoms with van der Waals surface area (Å²) in [5.41, 5.74) is 2.80. The van der Waals surface area contributed by atoms with Crippen LogP contribution in [0.1, 0.15) is 31.9 Å². The quantitative estimate of drug-likeness (QED) is 0.180. The SMILES string of the molecule is Cc1cc(CC(NC(=O)Nc2ccc(Br)cn2)C(=O)O)ccc1-c1noc(-c2ccc(NC(=O)OC(C)(C)C)cc2)n1. The van der Waals surface area contributed by atoms with Crippen LogP contribution in [0.15, 0.2) is 69.8 Å². The molecule has 3 amide bonds. The highest BCUT2D eigenvalue weighted by Crippen LogP contribution is 2.26. The summed E-state index contributed by atoms with van der Waals surface area (Å²) in [6.45, 7) is 7.20. The van der Waals surface area contributed by atoms with Gasteiger partial charge < -0.3 is 19.7 Å². The van der Waals surface area contributed by atoms with Gasteiger partial charge in [-0.2, -0.15) is 4.98 Å². The van der Waals surface area contributed by atoms with Gasteiger partial charge in [0.2, 0.25) is 5.82 Å². The minimum atomic E-state index is -1.18. The first-order valence-corrected chi connectivity index (χ1v) is 13.6. The van der Waals surface area contributed by atoms with Crippen molar-refractivity contribution in [1.29, 1.82) is 0 Å². The Kier molecular flexibility index (Phi) is 9.21. The molecule has 2 aromatic carbocycles. The lowest BCUT2D eigenvalue weighted by atomic mass is 10.00. The van der Waals surface area contributed by atoms with Gasteiger partial charge >= 0.3 is 18.1 Å². The van der Waals surface area contributed by atoms with E-state index in [0.717, 1.165) is 10.0 Å². The van der Waals surface area contributed by atoms with Gasteiger partial charge in [-0.1, -0.05) is 23.4 Å². The number of anilines is 2. The van der Waals surface area contributed by atoms with E-state index in [0.29, 0.717) is 34.1 Å². The third-order valence-corrected chi connectivity index (χ3v) is 6.22. The molecule has 0 radical (unpaired) electrons. The minimum absolute atomic E-state index is 0.0544. The van der Waals surface area contributed by atoms with E-state index in [2.05, 4.69) is 47.0 Å². The standard InChI is InChI=1S/C29H29BrN6O6/c1-16-13-17(14-22(26(37)38)33-27(39)34-23-12-8-19(30)15-31-23)5-11-21(16)24-35-25(42-36-24)18-6-9-20(10-7-18)32-28(40)41-29(2,3)4/h5-13,15,22H,14H2,1-4H3,(H,32,40)(H,37,38)(H2,31,33,34,39). The maximum Gasteiger partial charge on any atom is 0.412 e. The van der Waals surface area contributed by atoms with Crippen molar-refractivity contribution in [2.45, 2.75) is 45.8 Å². The van der Waals surface area contributed by atoms with Crippen molar-refractivity contribution in [2.75, 3.05) is 10.6 Å². The molecule has 42 heavy (non-hydrogen) atoms. The van der Waals surface area contributed by atoms with Crippen LogP contribution >= 0.6 is 15.9 Å². The van der Waals surface area contributed by atoms with Crippen LogP contribution in [0.4, 0.5) is 21.1 Å². The molecule has 0 bridgehead atoms. The number of aliphatic carboxylic acids is 1. The van der Waals surface area contributed by atoms with E-state index in [9.17, 15) is 19.5 Å². The molecule has 1 atom stereocenters. The van der Waals surface area contributed by atoms with Gasteiger partial charge in [0.15, 0.2) is 0 Å². The summed E-state index contributed by atoms with van der Waals surface area (Å²) < 4.78 is 11.5. The Morgan fingerprint density at radius 1 is 1.05 bits per heavy atom. The predicted molar refractivity (Wildman–Crippen MR) is 159 cm³/mol. The minimum Gasteiger partial charge on any atom is -0.480 e. The highest BCUT2D eigenvalue weighted by molar-refractivity contribution is 9.10. The largest absolute Gasteiger partial charge is 0.480 e. The van der Waals surface area contributed by atoms with Gasteiger partial charge in [-0.15, -0.1) is 0 Å². The Labute approximate surface area is 250 Å². The van der Waals surface area contributed by atoms with Gasteiger partial charge in [-0.05, 0) is 91.1 Å². The second kappa shape index (κ2) is 12.8. The average Bonchev–Trinajstić information content (AvgIpc) is 3.39. The summed E-state index contributed by atoms with van der Waals surface area (Å²) in [6.07, 6.45) is 1.02. The van der Waals surface area contributed by atoms with Gasteiger partial charge in [-0.3, -0.25) is 10.6 Å². The molecular formula is C29H29BrN6O6. The van der Waals surface area contributed by atoms with Crippen LogP contribution < -0.4 is 16.0 Å². The number of hydrogen-bond acceptors (Lipinski definition) is 8. The van der Waals surface area contributed by atoms with Crippen molar-refractivity contribution in [2.24, 2.45) is 0 Å². The molecule has 4 rings (SSSR count). The third-order valence-electron chi connectivity index (χ3n) is 5.75. The number of carbonyl (C=O) groups excluding carboxylic acids is 2. The smallest absolute Gasteiger partial charge is 0.412 e. The fourth-order valence-electron chi connectivity index (χ4n) is 3.87. The summed E-state index contributed by atoms with van der Waals surface area (Å²) in [7, 11) is 0. The molecule has 13 heteroatoms. The summed E-state index contributed by atoms with van der Waals surface area (Å²) in [6, 6.07) is 13.7. The average molecular weight is 637 g/mol. The first kappa shape index (κ1) is 30.2. The van der Waals surface area contributed by atoms with Crippen LogP contribution in [0.5, 0.6) is 0 Å². The zero-order valence-corrected chi connectivity index (χ0v) is 24.9. The molecule has 4 N–H and O–H groups in total. The van der Waals surface area contributed by atoms with Crippen LogP contribution in [0.25, 0.3) is 22.8 Å². The molecule has 0 saturated heterocycles. The van der Waals surface area contributed by atoms with E-state index < -0.39 is 29.7 Å². The Hall–Kier alpha value is -4.78. The number of carboxylic acid groups (broad SMARTS) is 1. The monoisotopic (exact) mass is 636 g/mol. The number of ether oxygens (including phenoxy) is 1. The molecule has 0 aliphatic carbocycles. The van der Waals surface area contributed by atoms with Crippen molar-refractivity contribution >= 4 is 45.5 Å².